The van der Waals surface area contributed by atoms with Crippen LogP contribution < -0.4 is 0 Å². The summed E-state index contributed by atoms with van der Waals surface area (Å²) in [5.74, 6) is -0.763. The molecule has 4 nitrogen and oxygen atoms in total. The van der Waals surface area contributed by atoms with Crippen LogP contribution in [0.5, 0.6) is 0 Å². The molecule has 0 spiro atoms. The van der Waals surface area contributed by atoms with Crippen LogP contribution in [0.25, 0.3) is 16.3 Å². The molecule has 0 atom stereocenters. The lowest BCUT2D eigenvalue weighted by Crippen LogP contribution is -2.13. The van der Waals surface area contributed by atoms with E-state index in [1.54, 1.807) is 6.08 Å². The topological polar surface area (TPSA) is 56.3 Å². The molecule has 0 radical (unpaired) electrons. The summed E-state index contributed by atoms with van der Waals surface area (Å²) in [6.07, 6.45) is 2.91. The van der Waals surface area contributed by atoms with Crippen molar-refractivity contribution < 1.29 is 14.3 Å². The Morgan fingerprint density at radius 3 is 2.76 bits per heavy atom. The molecular formula is C20H17NO3S. The van der Waals surface area contributed by atoms with Crippen LogP contribution >= 0.6 is 11.3 Å². The number of benzene rings is 2. The number of carbonyl (C=O) groups excluding carboxylic acids is 2. The van der Waals surface area contributed by atoms with Crippen LogP contribution in [0.15, 0.2) is 48.5 Å². The predicted molar refractivity (Wildman–Crippen MR) is 99.9 cm³/mol. The fourth-order valence-electron chi connectivity index (χ4n) is 2.40. The third kappa shape index (κ3) is 4.19. The van der Waals surface area contributed by atoms with E-state index in [1.807, 2.05) is 56.3 Å². The van der Waals surface area contributed by atoms with Crippen molar-refractivity contribution >= 4 is 39.4 Å². The van der Waals surface area contributed by atoms with Crippen LogP contribution in [0.2, 0.25) is 0 Å². The maximum atomic E-state index is 12.2. The second-order valence-corrected chi connectivity index (χ2v) is 6.76. The Bertz CT molecular complexity index is 939. The van der Waals surface area contributed by atoms with Crippen molar-refractivity contribution in [1.29, 1.82) is 0 Å². The molecule has 0 aliphatic carbocycles. The number of hydrogen-bond acceptors (Lipinski definition) is 5. The van der Waals surface area contributed by atoms with E-state index in [-0.39, 0.29) is 12.4 Å². The molecular weight excluding hydrogens is 334 g/mol. The maximum absolute atomic E-state index is 12.2. The van der Waals surface area contributed by atoms with Gasteiger partial charge in [-0.05, 0) is 43.7 Å². The van der Waals surface area contributed by atoms with Gasteiger partial charge < -0.3 is 4.74 Å². The number of para-hydroxylation sites is 1. The Morgan fingerprint density at radius 2 is 1.96 bits per heavy atom. The lowest BCUT2D eigenvalue weighted by Gasteiger charge is -2.06. The predicted octanol–water partition coefficient (Wildman–Crippen LogP) is 4.35. The van der Waals surface area contributed by atoms with E-state index in [0.29, 0.717) is 5.56 Å². The van der Waals surface area contributed by atoms with Gasteiger partial charge in [0, 0.05) is 11.6 Å². The fourth-order valence-corrected chi connectivity index (χ4v) is 3.27. The molecule has 2 aromatic carbocycles. The van der Waals surface area contributed by atoms with E-state index in [2.05, 4.69) is 4.98 Å². The normalized spacial score (nSPS) is 11.1. The van der Waals surface area contributed by atoms with Crippen molar-refractivity contribution in [2.75, 3.05) is 6.61 Å². The molecule has 0 aliphatic heterocycles. The number of rotatable bonds is 5. The highest BCUT2D eigenvalue weighted by atomic mass is 32.1. The molecule has 25 heavy (non-hydrogen) atoms. The maximum Gasteiger partial charge on any atom is 0.331 e. The average molecular weight is 351 g/mol. The number of aryl methyl sites for hydroxylation is 2. The number of carbonyl (C=O) groups is 2. The number of hydrogen-bond donors (Lipinski definition) is 0. The molecule has 1 aromatic heterocycles. The average Bonchev–Trinajstić information content (AvgIpc) is 3.03. The molecule has 0 saturated carbocycles. The first-order chi connectivity index (χ1) is 12.0. The van der Waals surface area contributed by atoms with Crippen LogP contribution in [-0.4, -0.2) is 23.3 Å². The number of ether oxygens (including phenoxy) is 1. The third-order valence-corrected chi connectivity index (χ3v) is 4.71. The first-order valence-corrected chi connectivity index (χ1v) is 8.65. The molecule has 126 valence electrons. The summed E-state index contributed by atoms with van der Waals surface area (Å²) in [4.78, 5) is 28.4. The van der Waals surface area contributed by atoms with Crippen molar-refractivity contribution in [1.82, 2.24) is 4.98 Å². The first-order valence-electron chi connectivity index (χ1n) is 7.84. The van der Waals surface area contributed by atoms with Gasteiger partial charge in [0.15, 0.2) is 6.61 Å². The smallest absolute Gasteiger partial charge is 0.331 e. The van der Waals surface area contributed by atoms with Crippen LogP contribution in [0.4, 0.5) is 0 Å². The summed E-state index contributed by atoms with van der Waals surface area (Å²) >= 11 is 1.49. The molecule has 3 aromatic rings. The Morgan fingerprint density at radius 1 is 1.16 bits per heavy atom. The Hall–Kier alpha value is -2.79. The van der Waals surface area contributed by atoms with Gasteiger partial charge in [-0.2, -0.15) is 0 Å². The van der Waals surface area contributed by atoms with E-state index in [1.165, 1.54) is 17.4 Å². The van der Waals surface area contributed by atoms with E-state index >= 15 is 0 Å². The standard InChI is InChI=1S/C20H17NO3S/c1-13-7-8-14(2)15(11-13)17(22)12-24-20(23)10-9-19-21-16-5-3-4-6-18(16)25-19/h3-11H,12H2,1-2H3/b10-9+. The van der Waals surface area contributed by atoms with Gasteiger partial charge in [-0.1, -0.05) is 29.8 Å². The molecule has 1 heterocycles. The molecule has 0 fully saturated rings. The minimum absolute atomic E-state index is 0.206. The van der Waals surface area contributed by atoms with Gasteiger partial charge >= 0.3 is 5.97 Å². The number of aromatic nitrogens is 1. The van der Waals surface area contributed by atoms with Gasteiger partial charge in [-0.15, -0.1) is 11.3 Å². The lowest BCUT2D eigenvalue weighted by atomic mass is 10.0. The van der Waals surface area contributed by atoms with Crippen molar-refractivity contribution in [3.63, 3.8) is 0 Å². The summed E-state index contributed by atoms with van der Waals surface area (Å²) in [5, 5.41) is 0.721. The van der Waals surface area contributed by atoms with E-state index < -0.39 is 5.97 Å². The zero-order valence-electron chi connectivity index (χ0n) is 14.0. The van der Waals surface area contributed by atoms with E-state index in [0.717, 1.165) is 26.4 Å². The van der Waals surface area contributed by atoms with Gasteiger partial charge in [0.25, 0.3) is 0 Å². The zero-order chi connectivity index (χ0) is 17.8. The molecule has 0 unspecified atom stereocenters. The number of thiazole rings is 1. The minimum Gasteiger partial charge on any atom is -0.454 e. The molecule has 0 bridgehead atoms. The first kappa shape index (κ1) is 17.0. The van der Waals surface area contributed by atoms with Crippen molar-refractivity contribution in [3.05, 3.63) is 70.2 Å². The zero-order valence-corrected chi connectivity index (χ0v) is 14.8. The highest BCUT2D eigenvalue weighted by Crippen LogP contribution is 2.22. The van der Waals surface area contributed by atoms with Gasteiger partial charge in [-0.3, -0.25) is 4.79 Å². The SMILES string of the molecule is Cc1ccc(C)c(C(=O)COC(=O)/C=C/c2nc3ccccc3s2)c1. The van der Waals surface area contributed by atoms with Gasteiger partial charge in [0.05, 0.1) is 10.2 Å². The van der Waals surface area contributed by atoms with Crippen molar-refractivity contribution in [2.45, 2.75) is 13.8 Å². The molecule has 0 N–H and O–H groups in total. The second-order valence-electron chi connectivity index (χ2n) is 5.70. The van der Waals surface area contributed by atoms with E-state index in [4.69, 9.17) is 4.74 Å². The molecule has 5 heteroatoms. The molecule has 3 rings (SSSR count). The largest absolute Gasteiger partial charge is 0.454 e. The summed E-state index contributed by atoms with van der Waals surface area (Å²) in [6.45, 7) is 3.51. The third-order valence-electron chi connectivity index (χ3n) is 3.71. The van der Waals surface area contributed by atoms with Crippen LogP contribution in [0.1, 0.15) is 26.5 Å². The number of ketones is 1. The second kappa shape index (κ2) is 7.40. The molecule has 0 aliphatic rings. The monoisotopic (exact) mass is 351 g/mol. The van der Waals surface area contributed by atoms with Crippen LogP contribution in [0, 0.1) is 13.8 Å². The Labute approximate surface area is 149 Å². The fraction of sp³-hybridized carbons (Fsp3) is 0.150. The summed E-state index contributed by atoms with van der Waals surface area (Å²) in [6, 6.07) is 13.4. The number of Topliss-reactive ketones (excluding diaryl/α,β-unsaturated/α-hetero) is 1. The van der Waals surface area contributed by atoms with Crippen LogP contribution in [-0.2, 0) is 9.53 Å². The quantitative estimate of drug-likeness (QED) is 0.389. The summed E-state index contributed by atoms with van der Waals surface area (Å²) < 4.78 is 6.11. The van der Waals surface area contributed by atoms with Crippen LogP contribution in [0.3, 0.4) is 0 Å². The minimum atomic E-state index is -0.557. The van der Waals surface area contributed by atoms with Gasteiger partial charge in [0.2, 0.25) is 5.78 Å². The highest BCUT2D eigenvalue weighted by Gasteiger charge is 2.11. The Balaban J connectivity index is 1.60. The van der Waals surface area contributed by atoms with Gasteiger partial charge in [0.1, 0.15) is 5.01 Å². The van der Waals surface area contributed by atoms with Crippen molar-refractivity contribution in [2.24, 2.45) is 0 Å². The lowest BCUT2D eigenvalue weighted by molar-refractivity contribution is -0.136. The molecule has 0 saturated heterocycles. The van der Waals surface area contributed by atoms with Crippen molar-refractivity contribution in [3.8, 4) is 0 Å². The number of fused-ring (bicyclic) bond motifs is 1. The number of esters is 1. The molecule has 0 amide bonds. The highest BCUT2D eigenvalue weighted by molar-refractivity contribution is 7.19. The van der Waals surface area contributed by atoms with E-state index in [9.17, 15) is 9.59 Å². The Kier molecular flexibility index (Phi) is 5.05. The summed E-state index contributed by atoms with van der Waals surface area (Å²) in [5.41, 5.74) is 3.35. The summed E-state index contributed by atoms with van der Waals surface area (Å²) in [7, 11) is 0. The number of nitrogens with zero attached hydrogens (tertiary/aromatic N) is 1. The van der Waals surface area contributed by atoms with Gasteiger partial charge in [-0.25, -0.2) is 9.78 Å².